The van der Waals surface area contributed by atoms with Gasteiger partial charge in [0.05, 0.1) is 22.7 Å². The molecule has 0 spiro atoms. The molecule has 0 atom stereocenters. The topological polar surface area (TPSA) is 53.0 Å². The Balaban J connectivity index is 1.50. The van der Waals surface area contributed by atoms with Crippen molar-refractivity contribution >= 4 is 40.0 Å². The summed E-state index contributed by atoms with van der Waals surface area (Å²) in [4.78, 5) is 34.9. The van der Waals surface area contributed by atoms with E-state index in [1.807, 2.05) is 54.6 Å². The van der Waals surface area contributed by atoms with Crippen LogP contribution < -0.4 is 4.90 Å². The number of amidine groups is 1. The smallest absolute Gasteiger partial charge is 0.287 e. The minimum Gasteiger partial charge on any atom is -0.351 e. The van der Waals surface area contributed by atoms with Crippen LogP contribution in [-0.4, -0.2) is 35.0 Å². The first-order valence-electron chi connectivity index (χ1n) is 9.97. The first-order valence-corrected chi connectivity index (χ1v) is 10.8. The minimum absolute atomic E-state index is 0.124. The third-order valence-corrected chi connectivity index (χ3v) is 6.66. The highest BCUT2D eigenvalue weighted by Crippen LogP contribution is 2.44. The number of carbonyl (C=O) groups is 2. The van der Waals surface area contributed by atoms with Crippen molar-refractivity contribution in [3.63, 3.8) is 0 Å². The van der Waals surface area contributed by atoms with Crippen LogP contribution in [0.3, 0.4) is 0 Å². The molecule has 2 amide bonds. The summed E-state index contributed by atoms with van der Waals surface area (Å²) < 4.78 is 0. The number of hydrogen-bond donors (Lipinski definition) is 0. The molecule has 6 heteroatoms. The van der Waals surface area contributed by atoms with E-state index in [-0.39, 0.29) is 11.8 Å². The third-order valence-electron chi connectivity index (χ3n) is 5.55. The Hall–Kier alpha value is -2.86. The lowest BCUT2D eigenvalue weighted by molar-refractivity contribution is -0.115. The van der Waals surface area contributed by atoms with Crippen molar-refractivity contribution in [3.8, 4) is 0 Å². The number of hydrogen-bond acceptors (Lipinski definition) is 4. The number of amides is 2. The monoisotopic (exact) mass is 403 g/mol. The summed E-state index contributed by atoms with van der Waals surface area (Å²) in [6.07, 6.45) is 3.45. The fraction of sp³-hybridized carbons (Fsp3) is 0.261. The predicted molar refractivity (Wildman–Crippen MR) is 116 cm³/mol. The van der Waals surface area contributed by atoms with Crippen molar-refractivity contribution in [2.75, 3.05) is 18.0 Å². The maximum Gasteiger partial charge on any atom is 0.287 e. The van der Waals surface area contributed by atoms with Crippen LogP contribution in [0.1, 0.15) is 30.4 Å². The molecule has 1 fully saturated rings. The largest absolute Gasteiger partial charge is 0.351 e. The van der Waals surface area contributed by atoms with Gasteiger partial charge in [0, 0.05) is 18.7 Å². The van der Waals surface area contributed by atoms with E-state index in [9.17, 15) is 9.59 Å². The number of aliphatic imine (C=N–C) groups is 1. The van der Waals surface area contributed by atoms with E-state index in [0.29, 0.717) is 17.0 Å². The number of anilines is 1. The molecule has 0 radical (unpaired) electrons. The number of nitrogens with zero attached hydrogens (tertiary/aromatic N) is 3. The number of likely N-dealkylation sites (tertiary alicyclic amines) is 1. The summed E-state index contributed by atoms with van der Waals surface area (Å²) in [6, 6.07) is 17.6. The molecule has 29 heavy (non-hydrogen) atoms. The van der Waals surface area contributed by atoms with Crippen LogP contribution in [0, 0.1) is 0 Å². The molecule has 0 unspecified atom stereocenters. The molecule has 3 heterocycles. The highest BCUT2D eigenvalue weighted by Gasteiger charge is 2.39. The molecular weight excluding hydrogens is 382 g/mol. The van der Waals surface area contributed by atoms with Gasteiger partial charge in [0.2, 0.25) is 0 Å². The number of rotatable bonds is 2. The summed E-state index contributed by atoms with van der Waals surface area (Å²) in [5.41, 5.74) is 3.21. The zero-order chi connectivity index (χ0) is 19.8. The van der Waals surface area contributed by atoms with E-state index >= 15 is 0 Å². The number of para-hydroxylation sites is 1. The van der Waals surface area contributed by atoms with Crippen molar-refractivity contribution in [1.82, 2.24) is 4.90 Å². The molecule has 1 saturated heterocycles. The maximum atomic E-state index is 13.4. The van der Waals surface area contributed by atoms with E-state index in [2.05, 4.69) is 9.89 Å². The zero-order valence-electron chi connectivity index (χ0n) is 16.0. The minimum atomic E-state index is -0.296. The highest BCUT2D eigenvalue weighted by atomic mass is 32.2. The summed E-state index contributed by atoms with van der Waals surface area (Å²) >= 11 is 1.36. The summed E-state index contributed by atoms with van der Waals surface area (Å²) in [5.74, 6) is -0.420. The molecule has 0 aromatic heterocycles. The highest BCUT2D eigenvalue weighted by molar-refractivity contribution is 8.18. The van der Waals surface area contributed by atoms with Gasteiger partial charge in [-0.3, -0.25) is 9.59 Å². The second-order valence-corrected chi connectivity index (χ2v) is 8.42. The van der Waals surface area contributed by atoms with Crippen molar-refractivity contribution in [2.24, 2.45) is 4.99 Å². The molecule has 146 valence electrons. The van der Waals surface area contributed by atoms with Crippen LogP contribution in [-0.2, 0) is 16.1 Å². The van der Waals surface area contributed by atoms with Crippen LogP contribution in [0.2, 0.25) is 0 Å². The Labute approximate surface area is 174 Å². The lowest BCUT2D eigenvalue weighted by Gasteiger charge is -2.27. The quantitative estimate of drug-likeness (QED) is 0.710. The van der Waals surface area contributed by atoms with Gasteiger partial charge < -0.3 is 9.80 Å². The van der Waals surface area contributed by atoms with Gasteiger partial charge in [-0.2, -0.15) is 4.99 Å². The lowest BCUT2D eigenvalue weighted by Crippen LogP contribution is -2.33. The van der Waals surface area contributed by atoms with Crippen molar-refractivity contribution in [1.29, 1.82) is 0 Å². The Morgan fingerprint density at radius 3 is 2.41 bits per heavy atom. The van der Waals surface area contributed by atoms with Gasteiger partial charge >= 0.3 is 0 Å². The van der Waals surface area contributed by atoms with Crippen molar-refractivity contribution < 1.29 is 9.59 Å². The van der Waals surface area contributed by atoms with Crippen molar-refractivity contribution in [2.45, 2.75) is 25.8 Å². The second-order valence-electron chi connectivity index (χ2n) is 7.45. The number of fused-ring (bicyclic) bond motifs is 1. The Kier molecular flexibility index (Phi) is 4.72. The lowest BCUT2D eigenvalue weighted by atomic mass is 10.1. The molecule has 2 aromatic carbocycles. The molecule has 0 aliphatic carbocycles. The van der Waals surface area contributed by atoms with Gasteiger partial charge in [0.15, 0.2) is 5.17 Å². The van der Waals surface area contributed by atoms with Crippen LogP contribution in [0.5, 0.6) is 0 Å². The van der Waals surface area contributed by atoms with Crippen LogP contribution in [0.25, 0.3) is 5.57 Å². The first kappa shape index (κ1) is 18.2. The van der Waals surface area contributed by atoms with E-state index in [1.165, 1.54) is 18.2 Å². The van der Waals surface area contributed by atoms with Gasteiger partial charge in [0.1, 0.15) is 0 Å². The Morgan fingerprint density at radius 1 is 0.897 bits per heavy atom. The van der Waals surface area contributed by atoms with Crippen molar-refractivity contribution in [3.05, 3.63) is 70.6 Å². The van der Waals surface area contributed by atoms with Crippen LogP contribution in [0.4, 0.5) is 5.69 Å². The first-order chi connectivity index (χ1) is 14.2. The zero-order valence-corrected chi connectivity index (χ0v) is 16.8. The maximum absolute atomic E-state index is 13.4. The van der Waals surface area contributed by atoms with Gasteiger partial charge in [-0.25, -0.2) is 0 Å². The van der Waals surface area contributed by atoms with E-state index in [4.69, 9.17) is 0 Å². The number of piperidine rings is 1. The predicted octanol–water partition coefficient (Wildman–Crippen LogP) is 4.06. The fourth-order valence-corrected chi connectivity index (χ4v) is 5.15. The number of thioether (sulfide) groups is 1. The normalized spacial score (nSPS) is 21.6. The second kappa shape index (κ2) is 7.52. The Morgan fingerprint density at radius 2 is 1.62 bits per heavy atom. The van der Waals surface area contributed by atoms with Crippen LogP contribution >= 0.6 is 11.8 Å². The van der Waals surface area contributed by atoms with E-state index in [0.717, 1.165) is 47.9 Å². The average Bonchev–Trinajstić information content (AvgIpc) is 3.27. The number of benzene rings is 2. The van der Waals surface area contributed by atoms with E-state index in [1.54, 1.807) is 4.90 Å². The van der Waals surface area contributed by atoms with Crippen LogP contribution in [0.15, 0.2) is 64.5 Å². The third kappa shape index (κ3) is 3.27. The number of carbonyl (C=O) groups excluding carboxylic acids is 2. The molecule has 3 aliphatic heterocycles. The average molecular weight is 404 g/mol. The molecule has 0 saturated carbocycles. The van der Waals surface area contributed by atoms with Gasteiger partial charge in [-0.1, -0.05) is 48.5 Å². The Bertz CT molecular complexity index is 1040. The van der Waals surface area contributed by atoms with Gasteiger partial charge in [0.25, 0.3) is 11.8 Å². The summed E-state index contributed by atoms with van der Waals surface area (Å²) in [6.45, 7) is 2.32. The SMILES string of the molecule is O=C1N=C(N2CCCCC2)S/C1=C1\C(=O)N(Cc2ccccc2)c2ccccc21. The molecule has 0 bridgehead atoms. The standard InChI is InChI=1S/C23H21N3O2S/c27-21-20(29-23(24-21)25-13-7-2-8-14-25)19-17-11-5-6-12-18(17)26(22(19)28)15-16-9-3-1-4-10-16/h1,3-6,9-12H,2,7-8,13-15H2/b20-19-. The molecular formula is C23H21N3O2S. The molecule has 5 nitrogen and oxygen atoms in total. The van der Waals surface area contributed by atoms with E-state index < -0.39 is 0 Å². The molecule has 5 rings (SSSR count). The summed E-state index contributed by atoms with van der Waals surface area (Å²) in [5, 5.41) is 0.740. The fourth-order valence-electron chi connectivity index (χ4n) is 4.10. The molecule has 2 aromatic rings. The summed E-state index contributed by atoms with van der Waals surface area (Å²) in [7, 11) is 0. The van der Waals surface area contributed by atoms with Gasteiger partial charge in [-0.05, 0) is 42.7 Å². The van der Waals surface area contributed by atoms with Gasteiger partial charge in [-0.15, -0.1) is 0 Å². The molecule has 3 aliphatic rings. The molecule has 0 N–H and O–H groups in total.